The summed E-state index contributed by atoms with van der Waals surface area (Å²) in [6.07, 6.45) is 0.532. The maximum Gasteiger partial charge on any atom is 0.251 e. The number of nitrogens with one attached hydrogen (secondary N) is 1. The first-order valence-corrected chi connectivity index (χ1v) is 10.4. The molecule has 0 unspecified atom stereocenters. The molecule has 27 heavy (non-hydrogen) atoms. The minimum atomic E-state index is -3.77. The fourth-order valence-corrected chi connectivity index (χ4v) is 4.58. The molecule has 2 rings (SSSR count). The molecule has 0 spiro atoms. The van der Waals surface area contributed by atoms with Crippen molar-refractivity contribution in [2.45, 2.75) is 25.2 Å². The lowest BCUT2D eigenvalue weighted by Crippen LogP contribution is -2.31. The van der Waals surface area contributed by atoms with Gasteiger partial charge >= 0.3 is 0 Å². The summed E-state index contributed by atoms with van der Waals surface area (Å²) in [5.41, 5.74) is 1.10. The van der Waals surface area contributed by atoms with Crippen molar-refractivity contribution in [2.75, 3.05) is 19.6 Å². The molecule has 0 saturated carbocycles. The Morgan fingerprint density at radius 2 is 1.74 bits per heavy atom. The zero-order valence-corrected chi connectivity index (χ0v) is 16.8. The standard InChI is InChI=1S/C19H22ClFN2O3S/c1-3-23(4-2)27(25,26)18-13-15(7-10-17(18)20)19(24)22-12-11-14-5-8-16(21)9-6-14/h5-10,13H,3-4,11-12H2,1-2H3,(H,22,24). The molecule has 0 aromatic heterocycles. The van der Waals surface area contributed by atoms with Gasteiger partial charge in [-0.1, -0.05) is 37.6 Å². The molecule has 1 N–H and O–H groups in total. The van der Waals surface area contributed by atoms with E-state index >= 15 is 0 Å². The molecule has 0 heterocycles. The van der Waals surface area contributed by atoms with Crippen LogP contribution in [0.3, 0.4) is 0 Å². The van der Waals surface area contributed by atoms with Crippen molar-refractivity contribution in [1.82, 2.24) is 9.62 Å². The Morgan fingerprint density at radius 3 is 2.33 bits per heavy atom. The largest absolute Gasteiger partial charge is 0.352 e. The number of carbonyl (C=O) groups is 1. The summed E-state index contributed by atoms with van der Waals surface area (Å²) >= 11 is 6.07. The van der Waals surface area contributed by atoms with E-state index in [1.807, 2.05) is 0 Å². The first-order valence-electron chi connectivity index (χ1n) is 8.62. The summed E-state index contributed by atoms with van der Waals surface area (Å²) in [6.45, 7) is 4.43. The van der Waals surface area contributed by atoms with E-state index in [1.165, 1.54) is 34.6 Å². The smallest absolute Gasteiger partial charge is 0.251 e. The lowest BCUT2D eigenvalue weighted by Gasteiger charge is -2.19. The molecule has 0 atom stereocenters. The minimum Gasteiger partial charge on any atom is -0.352 e. The summed E-state index contributed by atoms with van der Waals surface area (Å²) in [5.74, 6) is -0.712. The van der Waals surface area contributed by atoms with Gasteiger partial charge in [-0.15, -0.1) is 0 Å². The van der Waals surface area contributed by atoms with Crippen LogP contribution in [0.2, 0.25) is 5.02 Å². The Hall–Kier alpha value is -1.96. The fraction of sp³-hybridized carbons (Fsp3) is 0.316. The van der Waals surface area contributed by atoms with E-state index in [-0.39, 0.29) is 21.3 Å². The van der Waals surface area contributed by atoms with Crippen molar-refractivity contribution < 1.29 is 17.6 Å². The summed E-state index contributed by atoms with van der Waals surface area (Å²) in [7, 11) is -3.77. The van der Waals surface area contributed by atoms with Gasteiger partial charge in [0.2, 0.25) is 10.0 Å². The van der Waals surface area contributed by atoms with Crippen molar-refractivity contribution in [3.8, 4) is 0 Å². The molecule has 0 aliphatic carbocycles. The van der Waals surface area contributed by atoms with Crippen molar-refractivity contribution >= 4 is 27.5 Å². The average molecular weight is 413 g/mol. The highest BCUT2D eigenvalue weighted by Crippen LogP contribution is 2.25. The first kappa shape index (κ1) is 21.3. The summed E-state index contributed by atoms with van der Waals surface area (Å²) < 4.78 is 39.6. The normalized spacial score (nSPS) is 11.6. The van der Waals surface area contributed by atoms with Crippen LogP contribution in [0.15, 0.2) is 47.4 Å². The molecule has 5 nitrogen and oxygen atoms in total. The Labute approximate surface area is 164 Å². The van der Waals surface area contributed by atoms with Gasteiger partial charge < -0.3 is 5.32 Å². The zero-order valence-electron chi connectivity index (χ0n) is 15.2. The number of amides is 1. The monoisotopic (exact) mass is 412 g/mol. The van der Waals surface area contributed by atoms with Crippen LogP contribution in [0.4, 0.5) is 4.39 Å². The number of hydrogen-bond donors (Lipinski definition) is 1. The van der Waals surface area contributed by atoms with E-state index < -0.39 is 15.9 Å². The number of sulfonamides is 1. The molecule has 146 valence electrons. The third-order valence-corrected chi connectivity index (χ3v) is 6.66. The SMILES string of the molecule is CCN(CC)S(=O)(=O)c1cc(C(=O)NCCc2ccc(F)cc2)ccc1Cl. The van der Waals surface area contributed by atoms with Gasteiger partial charge in [-0.2, -0.15) is 4.31 Å². The summed E-state index contributed by atoms with van der Waals surface area (Å²) in [4.78, 5) is 12.3. The van der Waals surface area contributed by atoms with Crippen molar-refractivity contribution in [3.05, 3.63) is 64.4 Å². The van der Waals surface area contributed by atoms with E-state index in [4.69, 9.17) is 11.6 Å². The molecule has 0 aliphatic heterocycles. The Bertz CT molecular complexity index is 898. The van der Waals surface area contributed by atoms with E-state index in [0.29, 0.717) is 26.1 Å². The Balaban J connectivity index is 2.12. The van der Waals surface area contributed by atoms with Gasteiger partial charge in [0.1, 0.15) is 10.7 Å². The second-order valence-electron chi connectivity index (χ2n) is 5.87. The third-order valence-electron chi connectivity index (χ3n) is 4.13. The molecule has 2 aromatic carbocycles. The minimum absolute atomic E-state index is 0.0739. The van der Waals surface area contributed by atoms with Gasteiger partial charge in [0.15, 0.2) is 0 Å². The van der Waals surface area contributed by atoms with Gasteiger partial charge in [-0.05, 0) is 42.3 Å². The molecular weight excluding hydrogens is 391 g/mol. The van der Waals surface area contributed by atoms with Gasteiger partial charge in [0, 0.05) is 25.2 Å². The summed E-state index contributed by atoms with van der Waals surface area (Å²) in [6, 6.07) is 10.2. The van der Waals surface area contributed by atoms with Gasteiger partial charge in [0.05, 0.1) is 5.02 Å². The summed E-state index contributed by atoms with van der Waals surface area (Å²) in [5, 5.41) is 2.81. The fourth-order valence-electron chi connectivity index (χ4n) is 2.62. The number of rotatable bonds is 8. The highest BCUT2D eigenvalue weighted by molar-refractivity contribution is 7.89. The topological polar surface area (TPSA) is 66.5 Å². The van der Waals surface area contributed by atoms with E-state index in [0.717, 1.165) is 5.56 Å². The maximum atomic E-state index is 12.9. The predicted molar refractivity (Wildman–Crippen MR) is 104 cm³/mol. The van der Waals surface area contributed by atoms with E-state index in [2.05, 4.69) is 5.32 Å². The van der Waals surface area contributed by atoms with Crippen LogP contribution in [0.5, 0.6) is 0 Å². The zero-order chi connectivity index (χ0) is 20.0. The highest BCUT2D eigenvalue weighted by atomic mass is 35.5. The lowest BCUT2D eigenvalue weighted by atomic mass is 10.1. The lowest BCUT2D eigenvalue weighted by molar-refractivity contribution is 0.0954. The second-order valence-corrected chi connectivity index (χ2v) is 8.18. The van der Waals surface area contributed by atoms with Crippen LogP contribution in [0, 0.1) is 5.82 Å². The number of nitrogens with zero attached hydrogens (tertiary/aromatic N) is 1. The van der Waals surface area contributed by atoms with Gasteiger partial charge in [-0.3, -0.25) is 4.79 Å². The number of carbonyl (C=O) groups excluding carboxylic acids is 1. The number of benzene rings is 2. The van der Waals surface area contributed by atoms with Gasteiger partial charge in [-0.25, -0.2) is 12.8 Å². The molecule has 1 amide bonds. The van der Waals surface area contributed by atoms with Crippen molar-refractivity contribution in [3.63, 3.8) is 0 Å². The molecule has 0 aliphatic rings. The van der Waals surface area contributed by atoms with Crippen LogP contribution in [-0.2, 0) is 16.4 Å². The third kappa shape index (κ3) is 5.28. The Kier molecular flexibility index (Phi) is 7.35. The molecule has 0 bridgehead atoms. The average Bonchev–Trinajstić information content (AvgIpc) is 2.64. The molecular formula is C19H22ClFN2O3S. The maximum absolute atomic E-state index is 12.9. The highest BCUT2D eigenvalue weighted by Gasteiger charge is 2.25. The van der Waals surface area contributed by atoms with Crippen LogP contribution < -0.4 is 5.32 Å². The second kappa shape index (κ2) is 9.30. The number of halogens is 2. The molecule has 8 heteroatoms. The van der Waals surface area contributed by atoms with Crippen LogP contribution in [0.1, 0.15) is 29.8 Å². The number of hydrogen-bond acceptors (Lipinski definition) is 3. The first-order chi connectivity index (χ1) is 12.8. The Morgan fingerprint density at radius 1 is 1.11 bits per heavy atom. The molecule has 2 aromatic rings. The molecule has 0 fully saturated rings. The van der Waals surface area contributed by atoms with E-state index in [9.17, 15) is 17.6 Å². The van der Waals surface area contributed by atoms with Crippen molar-refractivity contribution in [1.29, 1.82) is 0 Å². The molecule has 0 saturated heterocycles. The van der Waals surface area contributed by atoms with Crippen LogP contribution in [0.25, 0.3) is 0 Å². The van der Waals surface area contributed by atoms with Gasteiger partial charge in [0.25, 0.3) is 5.91 Å². The quantitative estimate of drug-likeness (QED) is 0.721. The predicted octanol–water partition coefficient (Wildman–Crippen LogP) is 3.48. The van der Waals surface area contributed by atoms with Crippen LogP contribution in [-0.4, -0.2) is 38.3 Å². The van der Waals surface area contributed by atoms with E-state index in [1.54, 1.807) is 26.0 Å². The van der Waals surface area contributed by atoms with Crippen LogP contribution >= 0.6 is 11.6 Å². The van der Waals surface area contributed by atoms with Crippen molar-refractivity contribution in [2.24, 2.45) is 0 Å². The molecule has 0 radical (unpaired) electrons.